The Morgan fingerprint density at radius 3 is 2.46 bits per heavy atom. The van der Waals surface area contributed by atoms with Crippen molar-refractivity contribution in [2.24, 2.45) is 0 Å². The van der Waals surface area contributed by atoms with Crippen molar-refractivity contribution in [3.05, 3.63) is 92.4 Å². The highest BCUT2D eigenvalue weighted by atomic mass is 31.2. The molecule has 37 heavy (non-hydrogen) atoms. The predicted octanol–water partition coefficient (Wildman–Crippen LogP) is 3.22. The van der Waals surface area contributed by atoms with E-state index in [2.05, 4.69) is 15.3 Å². The zero-order valence-electron chi connectivity index (χ0n) is 20.6. The van der Waals surface area contributed by atoms with Crippen LogP contribution in [0.15, 0.2) is 64.3 Å². The molecule has 11 nitrogen and oxygen atoms in total. The van der Waals surface area contributed by atoms with Crippen molar-refractivity contribution in [3.8, 4) is 0 Å². The molecule has 2 aromatic heterocycles. The predicted molar refractivity (Wildman–Crippen MR) is 138 cm³/mol. The third kappa shape index (κ3) is 6.02. The van der Waals surface area contributed by atoms with Crippen LogP contribution in [0.1, 0.15) is 41.9 Å². The molecular formula is C25H28N5O6P. The molecule has 4 rings (SSSR count). The van der Waals surface area contributed by atoms with Crippen LogP contribution in [0.4, 0.5) is 0 Å². The van der Waals surface area contributed by atoms with Crippen molar-refractivity contribution >= 4 is 24.3 Å². The minimum Gasteiger partial charge on any atom is -0.309 e. The average molecular weight is 526 g/mol. The van der Waals surface area contributed by atoms with Gasteiger partial charge in [-0.15, -0.1) is 5.10 Å². The quantitative estimate of drug-likeness (QED) is 0.220. The van der Waals surface area contributed by atoms with Crippen molar-refractivity contribution in [2.45, 2.75) is 33.4 Å². The first-order chi connectivity index (χ1) is 17.8. The maximum Gasteiger partial charge on any atom is 0.330 e. The van der Waals surface area contributed by atoms with Gasteiger partial charge in [0.05, 0.1) is 43.0 Å². The topological polar surface area (TPSA) is 138 Å². The molecular weight excluding hydrogens is 497 g/mol. The van der Waals surface area contributed by atoms with E-state index in [0.29, 0.717) is 37.4 Å². The summed E-state index contributed by atoms with van der Waals surface area (Å²) in [7, 11) is -3.16. The summed E-state index contributed by atoms with van der Waals surface area (Å²) < 4.78 is 25.7. The lowest BCUT2D eigenvalue weighted by Gasteiger charge is -2.16. The summed E-state index contributed by atoms with van der Waals surface area (Å²) in [5, 5.41) is 8.24. The fourth-order valence-electron chi connectivity index (χ4n) is 4.04. The van der Waals surface area contributed by atoms with Crippen molar-refractivity contribution < 1.29 is 18.4 Å². The van der Waals surface area contributed by atoms with Gasteiger partial charge >= 0.3 is 13.3 Å². The highest BCUT2D eigenvalue weighted by Crippen LogP contribution is 2.48. The van der Waals surface area contributed by atoms with E-state index in [0.717, 1.165) is 4.57 Å². The van der Waals surface area contributed by atoms with Crippen LogP contribution in [0.5, 0.6) is 0 Å². The van der Waals surface area contributed by atoms with Gasteiger partial charge in [0.1, 0.15) is 5.69 Å². The number of H-pyrrole nitrogens is 1. The first-order valence-corrected chi connectivity index (χ1v) is 13.7. The minimum absolute atomic E-state index is 0.131. The molecule has 0 atom stereocenters. The fourth-order valence-corrected chi connectivity index (χ4v) is 5.69. The third-order valence-electron chi connectivity index (χ3n) is 5.67. The van der Waals surface area contributed by atoms with Crippen LogP contribution < -0.4 is 11.2 Å². The molecule has 0 amide bonds. The highest BCUT2D eigenvalue weighted by molar-refractivity contribution is 7.53. The fraction of sp³-hybridized carbons (Fsp3) is 0.320. The van der Waals surface area contributed by atoms with Gasteiger partial charge in [-0.2, -0.15) is 0 Å². The number of carbonyl (C=O) groups is 1. The van der Waals surface area contributed by atoms with Crippen molar-refractivity contribution in [1.82, 2.24) is 24.5 Å². The third-order valence-corrected chi connectivity index (χ3v) is 7.83. The van der Waals surface area contributed by atoms with Gasteiger partial charge in [0.15, 0.2) is 5.78 Å². The van der Waals surface area contributed by atoms with Gasteiger partial charge in [0.2, 0.25) is 0 Å². The number of carbonyl (C=O) groups excluding carboxylic acids is 1. The van der Waals surface area contributed by atoms with Crippen LogP contribution in [0, 0.1) is 0 Å². The van der Waals surface area contributed by atoms with Crippen molar-refractivity contribution in [2.75, 3.05) is 19.4 Å². The number of fused-ring (bicyclic) bond motifs is 1. The minimum atomic E-state index is -3.16. The van der Waals surface area contributed by atoms with Crippen LogP contribution in [0.25, 0.3) is 10.9 Å². The lowest BCUT2D eigenvalue weighted by atomic mass is 10.00. The summed E-state index contributed by atoms with van der Waals surface area (Å²) in [6.07, 6.45) is 2.32. The SMILES string of the molecule is CCOP(=O)(CCCn1cc(Cn2c(=O)[nH]c3cccc(C(=O)c4ccccc4)c3c2=O)nn1)OCC. The summed E-state index contributed by atoms with van der Waals surface area (Å²) in [6.45, 7) is 4.36. The van der Waals surface area contributed by atoms with Crippen LogP contribution >= 0.6 is 7.60 Å². The summed E-state index contributed by atoms with van der Waals surface area (Å²) >= 11 is 0. The second kappa shape index (κ2) is 11.6. The van der Waals surface area contributed by atoms with Crippen LogP contribution in [-0.2, 0) is 26.7 Å². The molecule has 0 fully saturated rings. The largest absolute Gasteiger partial charge is 0.330 e. The van der Waals surface area contributed by atoms with Crippen LogP contribution in [-0.4, -0.2) is 49.7 Å². The molecule has 0 saturated heterocycles. The molecule has 0 saturated carbocycles. The molecule has 0 aliphatic rings. The Morgan fingerprint density at radius 1 is 1.03 bits per heavy atom. The Bertz CT molecular complexity index is 1550. The van der Waals surface area contributed by atoms with E-state index < -0.39 is 18.8 Å². The molecule has 2 heterocycles. The number of benzene rings is 2. The maximum absolute atomic E-state index is 13.4. The Kier molecular flexibility index (Phi) is 8.27. The molecule has 1 N–H and O–H groups in total. The first kappa shape index (κ1) is 26.4. The first-order valence-electron chi connectivity index (χ1n) is 12.0. The Hall–Kier alpha value is -3.66. The number of hydrogen-bond donors (Lipinski definition) is 1. The normalized spacial score (nSPS) is 11.7. The van der Waals surface area contributed by atoms with Gasteiger partial charge in [-0.05, 0) is 26.3 Å². The van der Waals surface area contributed by atoms with Gasteiger partial charge in [0.25, 0.3) is 5.56 Å². The summed E-state index contributed by atoms with van der Waals surface area (Å²) in [5.74, 6) is -0.316. The van der Waals surface area contributed by atoms with Gasteiger partial charge in [-0.1, -0.05) is 47.7 Å². The summed E-state index contributed by atoms with van der Waals surface area (Å²) in [4.78, 5) is 41.9. The zero-order valence-corrected chi connectivity index (χ0v) is 21.5. The number of ketones is 1. The van der Waals surface area contributed by atoms with E-state index in [1.165, 1.54) is 0 Å². The van der Waals surface area contributed by atoms with E-state index in [1.54, 1.807) is 73.3 Å². The number of nitrogens with one attached hydrogen (secondary N) is 1. The number of hydrogen-bond acceptors (Lipinski definition) is 8. The van der Waals surface area contributed by atoms with Gasteiger partial charge in [-0.3, -0.25) is 23.4 Å². The van der Waals surface area contributed by atoms with E-state index in [-0.39, 0.29) is 35.0 Å². The molecule has 0 bridgehead atoms. The number of nitrogens with zero attached hydrogens (tertiary/aromatic N) is 4. The molecule has 0 radical (unpaired) electrons. The Balaban J connectivity index is 1.57. The zero-order chi connectivity index (χ0) is 26.4. The number of aromatic nitrogens is 5. The molecule has 0 spiro atoms. The Morgan fingerprint density at radius 2 is 1.76 bits per heavy atom. The summed E-state index contributed by atoms with van der Waals surface area (Å²) in [5.41, 5.74) is 0.0956. The molecule has 194 valence electrons. The average Bonchev–Trinajstić information content (AvgIpc) is 3.33. The number of aromatic amines is 1. The lowest BCUT2D eigenvalue weighted by molar-refractivity contribution is 0.104. The van der Waals surface area contributed by atoms with Gasteiger partial charge in [0, 0.05) is 17.7 Å². The summed E-state index contributed by atoms with van der Waals surface area (Å²) in [6, 6.07) is 13.4. The second-order valence-electron chi connectivity index (χ2n) is 8.24. The molecule has 0 aliphatic heterocycles. The van der Waals surface area contributed by atoms with Gasteiger partial charge in [-0.25, -0.2) is 4.79 Å². The van der Waals surface area contributed by atoms with E-state index in [9.17, 15) is 18.9 Å². The standard InChI is InChI=1S/C25H28N5O6P/c1-3-35-37(34,36-4-2)15-9-14-29-16-19(27-28-29)17-30-24(32)22-20(12-8-13-21(22)26-25(30)33)23(31)18-10-6-5-7-11-18/h5-8,10-13,16H,3-4,9,14-15,17H2,1-2H3,(H,26,33). The van der Waals surface area contributed by atoms with Gasteiger partial charge < -0.3 is 14.0 Å². The van der Waals surface area contributed by atoms with Crippen molar-refractivity contribution in [1.29, 1.82) is 0 Å². The van der Waals surface area contributed by atoms with Crippen molar-refractivity contribution in [3.63, 3.8) is 0 Å². The lowest BCUT2D eigenvalue weighted by Crippen LogP contribution is -2.36. The van der Waals surface area contributed by atoms with Crippen LogP contribution in [0.3, 0.4) is 0 Å². The second-order valence-corrected chi connectivity index (χ2v) is 10.4. The molecule has 4 aromatic rings. The maximum atomic E-state index is 13.4. The van der Waals surface area contributed by atoms with E-state index in [1.807, 2.05) is 0 Å². The van der Waals surface area contributed by atoms with Crippen LogP contribution in [0.2, 0.25) is 0 Å². The number of aryl methyl sites for hydroxylation is 1. The van der Waals surface area contributed by atoms with E-state index >= 15 is 0 Å². The monoisotopic (exact) mass is 525 g/mol. The highest BCUT2D eigenvalue weighted by Gasteiger charge is 2.23. The molecule has 12 heteroatoms. The van der Waals surface area contributed by atoms with E-state index in [4.69, 9.17) is 9.05 Å². The number of rotatable bonds is 12. The Labute approximate surface area is 212 Å². The smallest absolute Gasteiger partial charge is 0.309 e. The molecule has 2 aromatic carbocycles. The molecule has 0 unspecified atom stereocenters. The molecule has 0 aliphatic carbocycles.